The summed E-state index contributed by atoms with van der Waals surface area (Å²) in [5, 5.41) is 13.4. The molecule has 0 radical (unpaired) electrons. The number of amides is 5. The first kappa shape index (κ1) is 43.0. The predicted octanol–water partition coefficient (Wildman–Crippen LogP) is 5.16. The molecule has 3 aliphatic heterocycles. The molecule has 17 heteroatoms. The smallest absolute Gasteiger partial charge is 0.322 e. The Balaban J connectivity index is 0.884. The molecule has 0 aliphatic carbocycles. The van der Waals surface area contributed by atoms with Gasteiger partial charge < -0.3 is 29.9 Å². The maximum absolute atomic E-state index is 13.3. The number of imide groups is 2. The summed E-state index contributed by atoms with van der Waals surface area (Å²) in [4.78, 5) is 78.4. The molecule has 2 fully saturated rings. The fourth-order valence-corrected chi connectivity index (χ4v) is 8.16. The molecule has 3 N–H and O–H groups in total. The van der Waals surface area contributed by atoms with Crippen molar-refractivity contribution in [1.29, 1.82) is 0 Å². The van der Waals surface area contributed by atoms with Crippen LogP contribution in [0.2, 0.25) is 0 Å². The van der Waals surface area contributed by atoms with Gasteiger partial charge in [-0.3, -0.25) is 34.2 Å². The van der Waals surface area contributed by atoms with Crippen LogP contribution in [0.1, 0.15) is 116 Å². The number of nitrogens with one attached hydrogen (secondary N) is 3. The molecule has 5 heterocycles. The van der Waals surface area contributed by atoms with Gasteiger partial charge in [0.2, 0.25) is 23.7 Å². The second-order valence-corrected chi connectivity index (χ2v) is 16.5. The number of anilines is 3. The summed E-state index contributed by atoms with van der Waals surface area (Å²) in [6.07, 6.45) is 8.27. The van der Waals surface area contributed by atoms with Crippen LogP contribution in [0.25, 0.3) is 5.65 Å². The van der Waals surface area contributed by atoms with Crippen LogP contribution in [-0.4, -0.2) is 112 Å². The average Bonchev–Trinajstić information content (AvgIpc) is 3.77. The van der Waals surface area contributed by atoms with Gasteiger partial charge in [-0.2, -0.15) is 19.6 Å². The summed E-state index contributed by atoms with van der Waals surface area (Å²) < 4.78 is 14.0. The van der Waals surface area contributed by atoms with E-state index in [1.165, 1.54) is 0 Å². The molecule has 0 saturated carbocycles. The topological polar surface area (TPSA) is 193 Å². The van der Waals surface area contributed by atoms with Gasteiger partial charge >= 0.3 is 6.01 Å². The lowest BCUT2D eigenvalue weighted by Crippen LogP contribution is -2.54. The third-order valence-electron chi connectivity index (χ3n) is 11.4. The second kappa shape index (κ2) is 19.1. The van der Waals surface area contributed by atoms with Crippen molar-refractivity contribution >= 4 is 52.5 Å². The fraction of sp³-hybridized carbons (Fsp3) is 0.500. The third-order valence-corrected chi connectivity index (χ3v) is 11.4. The highest BCUT2D eigenvalue weighted by molar-refractivity contribution is 6.24. The highest BCUT2D eigenvalue weighted by Gasteiger charge is 2.46. The molecule has 1 atom stereocenters. The molecule has 324 valence electrons. The number of benzene rings is 2. The quantitative estimate of drug-likeness (QED) is 0.0881. The fourth-order valence-electron chi connectivity index (χ4n) is 8.16. The number of piperidine rings is 2. The van der Waals surface area contributed by atoms with Gasteiger partial charge in [-0.15, -0.1) is 0 Å². The molecular formula is C44H56N10O7. The number of fused-ring (bicyclic) bond motifs is 2. The first-order valence-corrected chi connectivity index (χ1v) is 21.3. The lowest BCUT2D eigenvalue weighted by atomic mass is 10.0. The van der Waals surface area contributed by atoms with Crippen molar-refractivity contribution in [3.05, 3.63) is 64.8 Å². The Bertz CT molecular complexity index is 2280. The first-order valence-electron chi connectivity index (χ1n) is 21.3. The molecule has 7 rings (SSSR count). The maximum Gasteiger partial charge on any atom is 0.322 e. The van der Waals surface area contributed by atoms with Crippen molar-refractivity contribution < 1.29 is 33.4 Å². The largest absolute Gasteiger partial charge is 0.493 e. The Morgan fingerprint density at radius 3 is 2.46 bits per heavy atom. The second-order valence-electron chi connectivity index (χ2n) is 16.5. The molecular weight excluding hydrogens is 781 g/mol. The first-order chi connectivity index (χ1) is 29.4. The van der Waals surface area contributed by atoms with Gasteiger partial charge in [-0.1, -0.05) is 51.3 Å². The number of carbonyl (C=O) groups is 5. The third kappa shape index (κ3) is 9.77. The molecule has 61 heavy (non-hydrogen) atoms. The number of unbranched alkanes of at least 4 members (excludes halogenated alkanes) is 4. The van der Waals surface area contributed by atoms with E-state index in [4.69, 9.17) is 19.4 Å². The van der Waals surface area contributed by atoms with Crippen molar-refractivity contribution in [1.82, 2.24) is 34.7 Å². The lowest BCUT2D eigenvalue weighted by Gasteiger charge is -2.28. The van der Waals surface area contributed by atoms with E-state index < -0.39 is 29.7 Å². The number of aromatic nitrogens is 4. The number of carbonyl (C=O) groups excluding carboxylic acids is 5. The molecule has 1 unspecified atom stereocenters. The predicted molar refractivity (Wildman–Crippen MR) is 229 cm³/mol. The summed E-state index contributed by atoms with van der Waals surface area (Å²) >= 11 is 0. The van der Waals surface area contributed by atoms with Crippen LogP contribution in [-0.2, 0) is 20.9 Å². The van der Waals surface area contributed by atoms with Crippen molar-refractivity contribution in [2.75, 3.05) is 56.4 Å². The number of ether oxygens (including phenoxy) is 2. The normalized spacial score (nSPS) is 17.2. The van der Waals surface area contributed by atoms with Crippen LogP contribution in [0.5, 0.6) is 11.8 Å². The molecule has 2 saturated heterocycles. The molecule has 2 aromatic carbocycles. The van der Waals surface area contributed by atoms with E-state index in [0.717, 1.165) is 79.0 Å². The molecule has 3 aliphatic rings. The Hall–Kier alpha value is -6.10. The minimum absolute atomic E-state index is 0.0478. The number of hydrogen-bond donors (Lipinski definition) is 3. The Kier molecular flexibility index (Phi) is 13.5. The summed E-state index contributed by atoms with van der Waals surface area (Å²) in [6, 6.07) is 10.0. The van der Waals surface area contributed by atoms with Crippen LogP contribution in [0, 0.1) is 0 Å². The van der Waals surface area contributed by atoms with Gasteiger partial charge in [-0.25, -0.2) is 0 Å². The summed E-state index contributed by atoms with van der Waals surface area (Å²) in [5.74, 6) is -1.26. The van der Waals surface area contributed by atoms with Crippen LogP contribution in [0.3, 0.4) is 0 Å². The van der Waals surface area contributed by atoms with Gasteiger partial charge in [0.05, 0.1) is 35.3 Å². The number of hydrogen-bond acceptors (Lipinski definition) is 13. The van der Waals surface area contributed by atoms with Gasteiger partial charge in [-0.05, 0) is 68.8 Å². The standard InChI is InChI=1S/C44H56N10O7/c1-27(2)31-26-46-54-39(31)49-44(61-29-20-22-52(5)23-21-29)50-43(54)45-25-28-13-11-15-32(38(28)51(3)4)47-35(55)17-9-7-6-8-10-24-60-34-16-12-14-30-37(34)42(59)53(41(30)58)33-18-19-36(56)48-40(33)57/h11-16,26-27,29,33H,6-10,17-25H2,1-5H3,(H,47,55)(H,45,49,50)(H,48,56,57). The number of para-hydroxylation sites is 1. The number of nitrogens with zero attached hydrogens (tertiary/aromatic N) is 7. The van der Waals surface area contributed by atoms with E-state index in [2.05, 4.69) is 46.8 Å². The zero-order valence-corrected chi connectivity index (χ0v) is 35.7. The molecule has 5 amide bonds. The van der Waals surface area contributed by atoms with E-state index in [1.807, 2.05) is 43.4 Å². The van der Waals surface area contributed by atoms with E-state index in [9.17, 15) is 24.0 Å². The monoisotopic (exact) mass is 836 g/mol. The molecule has 17 nitrogen and oxygen atoms in total. The highest BCUT2D eigenvalue weighted by atomic mass is 16.5. The zero-order valence-electron chi connectivity index (χ0n) is 35.7. The highest BCUT2D eigenvalue weighted by Crippen LogP contribution is 2.34. The summed E-state index contributed by atoms with van der Waals surface area (Å²) in [7, 11) is 6.03. The lowest BCUT2D eigenvalue weighted by molar-refractivity contribution is -0.136. The summed E-state index contributed by atoms with van der Waals surface area (Å²) in [6.45, 7) is 6.91. The van der Waals surface area contributed by atoms with Crippen LogP contribution >= 0.6 is 0 Å². The van der Waals surface area contributed by atoms with E-state index in [1.54, 1.807) is 22.7 Å². The van der Waals surface area contributed by atoms with Crippen LogP contribution in [0.15, 0.2) is 42.6 Å². The van der Waals surface area contributed by atoms with E-state index in [-0.39, 0.29) is 41.9 Å². The molecule has 0 bridgehead atoms. The average molecular weight is 837 g/mol. The van der Waals surface area contributed by atoms with Gasteiger partial charge in [0.1, 0.15) is 17.9 Å². The Labute approximate surface area is 355 Å². The van der Waals surface area contributed by atoms with E-state index >= 15 is 0 Å². The summed E-state index contributed by atoms with van der Waals surface area (Å²) in [5.41, 5.74) is 4.63. The number of likely N-dealkylation sites (tertiary alicyclic amines) is 1. The Morgan fingerprint density at radius 1 is 0.951 bits per heavy atom. The van der Waals surface area contributed by atoms with Gasteiger partial charge in [0, 0.05) is 52.1 Å². The van der Waals surface area contributed by atoms with Gasteiger partial charge in [0.25, 0.3) is 11.8 Å². The van der Waals surface area contributed by atoms with Crippen molar-refractivity contribution in [3.63, 3.8) is 0 Å². The van der Waals surface area contributed by atoms with Crippen molar-refractivity contribution in [2.45, 2.75) is 103 Å². The minimum atomic E-state index is -1.03. The maximum atomic E-state index is 13.3. The van der Waals surface area contributed by atoms with E-state index in [0.29, 0.717) is 49.3 Å². The molecule has 4 aromatic rings. The van der Waals surface area contributed by atoms with Gasteiger partial charge in [0.15, 0.2) is 5.65 Å². The van der Waals surface area contributed by atoms with Crippen LogP contribution in [0.4, 0.5) is 17.3 Å². The molecule has 0 spiro atoms. The zero-order chi connectivity index (χ0) is 43.2. The van der Waals surface area contributed by atoms with Crippen molar-refractivity contribution in [3.8, 4) is 11.8 Å². The Morgan fingerprint density at radius 2 is 1.70 bits per heavy atom. The van der Waals surface area contributed by atoms with Crippen LogP contribution < -0.4 is 30.3 Å². The SMILES string of the molecule is CC(C)c1cnn2c(NCc3cccc(NC(=O)CCCCCCCOc4cccc5c4C(=O)N(C4CCC(=O)NC4=O)C5=O)c3N(C)C)nc(OC3CCN(C)CC3)nc12. The van der Waals surface area contributed by atoms with Crippen molar-refractivity contribution in [2.24, 2.45) is 0 Å². The number of rotatable bonds is 18. The molecule has 2 aromatic heterocycles. The minimum Gasteiger partial charge on any atom is -0.493 e.